The summed E-state index contributed by atoms with van der Waals surface area (Å²) in [5, 5.41) is 4.92. The summed E-state index contributed by atoms with van der Waals surface area (Å²) in [6.45, 7) is 2.28. The number of fused-ring (bicyclic) bond motifs is 11. The monoisotopic (exact) mass is 522 g/mol. The van der Waals surface area contributed by atoms with Crippen LogP contribution >= 0.6 is 0 Å². The minimum absolute atomic E-state index is 0.0195. The van der Waals surface area contributed by atoms with Gasteiger partial charge in [0.25, 0.3) is 0 Å². The van der Waals surface area contributed by atoms with E-state index in [1.807, 2.05) is 0 Å². The van der Waals surface area contributed by atoms with E-state index in [2.05, 4.69) is 138 Å². The van der Waals surface area contributed by atoms with E-state index in [1.54, 1.807) is 0 Å². The molecule has 0 spiro atoms. The molecule has 0 atom stereocenters. The zero-order valence-corrected chi connectivity index (χ0v) is 22.4. The molecule has 0 saturated heterocycles. The van der Waals surface area contributed by atoms with Gasteiger partial charge >= 0.3 is 6.85 Å². The van der Waals surface area contributed by atoms with Crippen LogP contribution in [0.3, 0.4) is 0 Å². The first-order valence-corrected chi connectivity index (χ1v) is 14.2. The molecule has 10 rings (SSSR count). The van der Waals surface area contributed by atoms with Crippen LogP contribution in [0.15, 0.2) is 126 Å². The van der Waals surface area contributed by atoms with Gasteiger partial charge in [0.1, 0.15) is 5.58 Å². The largest absolute Gasteiger partial charge is 0.454 e. The molecule has 0 saturated carbocycles. The Balaban J connectivity index is 1.50. The molecule has 2 aliphatic heterocycles. The highest BCUT2D eigenvalue weighted by molar-refractivity contribution is 6.90. The molecule has 0 aliphatic carbocycles. The maximum atomic E-state index is 6.80. The second-order valence-corrected chi connectivity index (χ2v) is 11.3. The topological polar surface area (TPSA) is 21.3 Å². The van der Waals surface area contributed by atoms with E-state index in [4.69, 9.17) is 4.42 Å². The summed E-state index contributed by atoms with van der Waals surface area (Å²) in [4.78, 5) is 2.44. The molecule has 0 radical (unpaired) electrons. The molecule has 4 heteroatoms. The molecular weight excluding hydrogens is 499 g/mol. The number of nitrogens with zero attached hydrogens (tertiary/aromatic N) is 2. The summed E-state index contributed by atoms with van der Waals surface area (Å²) in [6, 6.07) is 44.0. The molecule has 4 heterocycles. The number of anilines is 3. The first-order valence-electron chi connectivity index (χ1n) is 14.2. The minimum atomic E-state index is 0.0195. The first-order chi connectivity index (χ1) is 20.3. The van der Waals surface area contributed by atoms with Gasteiger partial charge in [0, 0.05) is 49.5 Å². The van der Waals surface area contributed by atoms with Gasteiger partial charge in [-0.1, -0.05) is 90.5 Å². The van der Waals surface area contributed by atoms with E-state index in [-0.39, 0.29) is 6.85 Å². The maximum absolute atomic E-state index is 6.80. The van der Waals surface area contributed by atoms with E-state index in [9.17, 15) is 0 Å². The van der Waals surface area contributed by atoms with Crippen molar-refractivity contribution in [3.8, 4) is 11.1 Å². The van der Waals surface area contributed by atoms with Crippen molar-refractivity contribution in [2.24, 2.45) is 0 Å². The summed E-state index contributed by atoms with van der Waals surface area (Å²) >= 11 is 0. The van der Waals surface area contributed by atoms with Crippen molar-refractivity contribution in [2.75, 3.05) is 4.90 Å². The number of aromatic nitrogens is 1. The Morgan fingerprint density at radius 2 is 1.37 bits per heavy atom. The van der Waals surface area contributed by atoms with Crippen molar-refractivity contribution in [1.29, 1.82) is 0 Å². The average molecular weight is 522 g/mol. The van der Waals surface area contributed by atoms with E-state index >= 15 is 0 Å². The lowest BCUT2D eigenvalue weighted by Gasteiger charge is -2.41. The Labute approximate surface area is 237 Å². The Hall–Kier alpha value is -5.22. The lowest BCUT2D eigenvalue weighted by Crippen LogP contribution is -2.57. The fraction of sp³-hybridized carbons (Fsp3) is 0.0270. The molecule has 0 bridgehead atoms. The highest BCUT2D eigenvalue weighted by Gasteiger charge is 2.45. The van der Waals surface area contributed by atoms with Crippen LogP contribution in [0, 0.1) is 6.92 Å². The van der Waals surface area contributed by atoms with Gasteiger partial charge in [0.15, 0.2) is 5.58 Å². The van der Waals surface area contributed by atoms with Crippen LogP contribution in [-0.2, 0) is 0 Å². The van der Waals surface area contributed by atoms with Gasteiger partial charge in [-0.15, -0.1) is 0 Å². The van der Waals surface area contributed by atoms with Crippen LogP contribution < -0.4 is 15.8 Å². The Bertz CT molecular complexity index is 2400. The van der Waals surface area contributed by atoms with E-state index < -0.39 is 0 Å². The lowest BCUT2D eigenvalue weighted by molar-refractivity contribution is 0.669. The second-order valence-electron chi connectivity index (χ2n) is 11.3. The smallest absolute Gasteiger partial charge is 0.333 e. The van der Waals surface area contributed by atoms with E-state index in [0.717, 1.165) is 33.3 Å². The number of furan rings is 1. The predicted molar refractivity (Wildman–Crippen MR) is 172 cm³/mol. The third-order valence-corrected chi connectivity index (χ3v) is 9.29. The van der Waals surface area contributed by atoms with Crippen molar-refractivity contribution in [2.45, 2.75) is 6.92 Å². The zero-order chi connectivity index (χ0) is 26.8. The summed E-state index contributed by atoms with van der Waals surface area (Å²) < 4.78 is 9.40. The van der Waals surface area contributed by atoms with Gasteiger partial charge in [-0.05, 0) is 59.8 Å². The van der Waals surface area contributed by atoms with Gasteiger partial charge in [0.2, 0.25) is 0 Å². The van der Waals surface area contributed by atoms with Crippen molar-refractivity contribution in [1.82, 2.24) is 4.48 Å². The number of hydrogen-bond donors (Lipinski definition) is 0. The van der Waals surface area contributed by atoms with Gasteiger partial charge in [-0.3, -0.25) is 0 Å². The van der Waals surface area contributed by atoms with Gasteiger partial charge < -0.3 is 13.8 Å². The zero-order valence-electron chi connectivity index (χ0n) is 22.4. The minimum Gasteiger partial charge on any atom is -0.454 e. The van der Waals surface area contributed by atoms with Crippen molar-refractivity contribution < 1.29 is 4.42 Å². The Kier molecular flexibility index (Phi) is 3.95. The predicted octanol–water partition coefficient (Wildman–Crippen LogP) is 8.42. The standard InChI is InChI=1S/C37H23BN2O/c1-22-11-9-19-31-33(22)38-34-28(27-17-10-16-26-24-14-5-7-18-30(24)40(38)35(26)27)21-29-25-15-6-8-20-32(25)41-37(29)36(34)39(31)23-12-3-2-4-13-23/h2-21H,1H3. The van der Waals surface area contributed by atoms with Gasteiger partial charge in [-0.2, -0.15) is 0 Å². The number of aryl methyl sites for hydroxylation is 1. The fourth-order valence-corrected chi connectivity index (χ4v) is 7.70. The van der Waals surface area contributed by atoms with Crippen molar-refractivity contribution in [3.63, 3.8) is 0 Å². The molecule has 3 nitrogen and oxygen atoms in total. The molecule has 190 valence electrons. The van der Waals surface area contributed by atoms with Crippen LogP contribution in [0.5, 0.6) is 0 Å². The highest BCUT2D eigenvalue weighted by Crippen LogP contribution is 2.49. The summed E-state index contributed by atoms with van der Waals surface area (Å²) in [5.41, 5.74) is 14.4. The SMILES string of the molecule is Cc1cccc2c1B1c3c(cc4c(oc5ccccc54)c3N2c2ccccc2)-c2cccc3c4ccccc4n1c23. The molecule has 8 aromatic rings. The van der Waals surface area contributed by atoms with Gasteiger partial charge in [-0.25, -0.2) is 0 Å². The summed E-state index contributed by atoms with van der Waals surface area (Å²) in [5.74, 6) is 0. The summed E-state index contributed by atoms with van der Waals surface area (Å²) in [7, 11) is 0. The average Bonchev–Trinajstić information content (AvgIpc) is 3.56. The number of hydrogen-bond acceptors (Lipinski definition) is 2. The Morgan fingerprint density at radius 1 is 0.610 bits per heavy atom. The normalized spacial score (nSPS) is 13.4. The summed E-state index contributed by atoms with van der Waals surface area (Å²) in [6.07, 6.45) is 0. The first kappa shape index (κ1) is 21.6. The molecule has 0 amide bonds. The molecule has 6 aromatic carbocycles. The third-order valence-electron chi connectivity index (χ3n) is 9.29. The molecule has 0 fully saturated rings. The molecule has 2 aliphatic rings. The maximum Gasteiger partial charge on any atom is 0.333 e. The Morgan fingerprint density at radius 3 is 2.27 bits per heavy atom. The van der Waals surface area contributed by atoms with Gasteiger partial charge in [0.05, 0.1) is 5.69 Å². The van der Waals surface area contributed by atoms with Crippen LogP contribution in [0.1, 0.15) is 5.56 Å². The van der Waals surface area contributed by atoms with Crippen LogP contribution in [-0.4, -0.2) is 11.3 Å². The molecule has 2 aromatic heterocycles. The number of para-hydroxylation sites is 4. The third kappa shape index (κ3) is 2.56. The van der Waals surface area contributed by atoms with E-state index in [0.29, 0.717) is 0 Å². The fourth-order valence-electron chi connectivity index (χ4n) is 7.70. The molecular formula is C37H23BN2O. The van der Waals surface area contributed by atoms with Crippen molar-refractivity contribution in [3.05, 3.63) is 127 Å². The molecule has 0 unspecified atom stereocenters. The lowest BCUT2D eigenvalue weighted by atomic mass is 9.44. The molecule has 0 N–H and O–H groups in total. The van der Waals surface area contributed by atoms with Crippen LogP contribution in [0.2, 0.25) is 0 Å². The quantitative estimate of drug-likeness (QED) is 0.202. The number of rotatable bonds is 1. The van der Waals surface area contributed by atoms with Crippen molar-refractivity contribution >= 4 is 78.6 Å². The van der Waals surface area contributed by atoms with Crippen LogP contribution in [0.25, 0.3) is 54.9 Å². The highest BCUT2D eigenvalue weighted by atomic mass is 16.3. The van der Waals surface area contributed by atoms with E-state index in [1.165, 1.54) is 55.1 Å². The second kappa shape index (κ2) is 7.49. The molecule has 41 heavy (non-hydrogen) atoms. The number of benzene rings is 6. The van der Waals surface area contributed by atoms with Crippen LogP contribution in [0.4, 0.5) is 17.1 Å².